The second kappa shape index (κ2) is 9.15. The maximum Gasteiger partial charge on any atom is 0.329 e. The minimum absolute atomic E-state index is 0.285. The van der Waals surface area contributed by atoms with Crippen LogP contribution < -0.4 is 21.4 Å². The van der Waals surface area contributed by atoms with Gasteiger partial charge >= 0.3 is 5.69 Å². The zero-order valence-electron chi connectivity index (χ0n) is 19.0. The van der Waals surface area contributed by atoms with E-state index in [0.717, 1.165) is 28.0 Å². The molecule has 0 bridgehead atoms. The van der Waals surface area contributed by atoms with Crippen LogP contribution in [0.1, 0.15) is 29.2 Å². The summed E-state index contributed by atoms with van der Waals surface area (Å²) in [4.78, 5) is 31.7. The van der Waals surface area contributed by atoms with E-state index in [1.807, 2.05) is 57.2 Å². The van der Waals surface area contributed by atoms with Gasteiger partial charge in [-0.3, -0.25) is 18.9 Å². The number of hydrazone groups is 1. The number of nitrogens with zero attached hydrogens (tertiary/aromatic N) is 4. The van der Waals surface area contributed by atoms with Crippen LogP contribution in [0.2, 0.25) is 0 Å². The van der Waals surface area contributed by atoms with Crippen LogP contribution in [0.25, 0.3) is 11.2 Å². The zero-order valence-corrected chi connectivity index (χ0v) is 19.0. The number of hydrogen-bond acceptors (Lipinski definition) is 6. The summed E-state index contributed by atoms with van der Waals surface area (Å²) in [5.41, 5.74) is 6.63. The first-order valence-corrected chi connectivity index (χ1v) is 10.6. The monoisotopic (exact) mass is 446 g/mol. The molecule has 0 spiro atoms. The molecule has 0 saturated carbocycles. The molecular weight excluding hydrogens is 420 g/mol. The number of imidazole rings is 1. The number of nitrogens with one attached hydrogen (secondary N) is 2. The van der Waals surface area contributed by atoms with Crippen LogP contribution >= 0.6 is 0 Å². The molecule has 9 nitrogen and oxygen atoms in total. The highest BCUT2D eigenvalue weighted by molar-refractivity contribution is 5.80. The van der Waals surface area contributed by atoms with Gasteiger partial charge in [0.1, 0.15) is 5.75 Å². The number of aryl methyl sites for hydroxylation is 3. The van der Waals surface area contributed by atoms with Crippen molar-refractivity contribution in [2.75, 3.05) is 12.0 Å². The van der Waals surface area contributed by atoms with Gasteiger partial charge in [-0.05, 0) is 61.7 Å². The first-order valence-electron chi connectivity index (χ1n) is 10.6. The van der Waals surface area contributed by atoms with E-state index in [9.17, 15) is 9.59 Å². The van der Waals surface area contributed by atoms with E-state index in [1.165, 1.54) is 4.57 Å². The fourth-order valence-electron chi connectivity index (χ4n) is 3.60. The maximum absolute atomic E-state index is 12.7. The van der Waals surface area contributed by atoms with Crippen molar-refractivity contribution in [1.29, 1.82) is 0 Å². The van der Waals surface area contributed by atoms with Gasteiger partial charge in [0.15, 0.2) is 11.2 Å². The van der Waals surface area contributed by atoms with E-state index >= 15 is 0 Å². The molecule has 0 saturated heterocycles. The van der Waals surface area contributed by atoms with Crippen molar-refractivity contribution < 1.29 is 4.74 Å². The molecule has 4 rings (SSSR count). The number of ether oxygens (including phenoxy) is 1. The first-order chi connectivity index (χ1) is 15.9. The zero-order chi connectivity index (χ0) is 23.5. The van der Waals surface area contributed by atoms with Crippen LogP contribution in [-0.2, 0) is 13.6 Å². The Labute approximate surface area is 190 Å². The molecule has 0 aliphatic carbocycles. The first kappa shape index (κ1) is 22.1. The second-order valence-electron chi connectivity index (χ2n) is 7.81. The smallest absolute Gasteiger partial charge is 0.329 e. The molecule has 0 aliphatic rings. The molecule has 0 atom stereocenters. The number of aromatic nitrogens is 4. The SMILES string of the molecule is CCOc1ccc(/C=N/Nc2nc3c(c(=O)[nH]c(=O)n3C)n2Cc2cc(C)ccc2C)cc1. The van der Waals surface area contributed by atoms with E-state index in [0.29, 0.717) is 24.6 Å². The number of H-pyrrole nitrogens is 1. The number of aromatic amines is 1. The number of benzene rings is 2. The van der Waals surface area contributed by atoms with Gasteiger partial charge in [0, 0.05) is 7.05 Å². The number of hydrogen-bond donors (Lipinski definition) is 2. The molecule has 2 aromatic carbocycles. The second-order valence-corrected chi connectivity index (χ2v) is 7.81. The van der Waals surface area contributed by atoms with E-state index in [2.05, 4.69) is 26.6 Å². The maximum atomic E-state index is 12.7. The summed E-state index contributed by atoms with van der Waals surface area (Å²) < 4.78 is 8.51. The lowest BCUT2D eigenvalue weighted by Crippen LogP contribution is -2.29. The number of rotatable bonds is 7. The molecule has 0 amide bonds. The minimum Gasteiger partial charge on any atom is -0.494 e. The van der Waals surface area contributed by atoms with Crippen molar-refractivity contribution in [3.05, 3.63) is 85.6 Å². The van der Waals surface area contributed by atoms with Crippen molar-refractivity contribution in [3.8, 4) is 5.75 Å². The third-order valence-electron chi connectivity index (χ3n) is 5.41. The van der Waals surface area contributed by atoms with E-state index in [-0.39, 0.29) is 5.65 Å². The van der Waals surface area contributed by atoms with Crippen molar-refractivity contribution in [2.45, 2.75) is 27.3 Å². The fourth-order valence-corrected chi connectivity index (χ4v) is 3.60. The van der Waals surface area contributed by atoms with Crippen LogP contribution in [-0.4, -0.2) is 31.9 Å². The Morgan fingerprint density at radius 1 is 1.15 bits per heavy atom. The molecule has 0 unspecified atom stereocenters. The summed E-state index contributed by atoms with van der Waals surface area (Å²) in [6.45, 7) is 6.97. The number of anilines is 1. The molecule has 4 aromatic rings. The molecule has 2 N–H and O–H groups in total. The molecule has 2 aromatic heterocycles. The third-order valence-corrected chi connectivity index (χ3v) is 5.41. The van der Waals surface area contributed by atoms with Crippen molar-refractivity contribution in [1.82, 2.24) is 19.1 Å². The topological polar surface area (TPSA) is 106 Å². The number of fused-ring (bicyclic) bond motifs is 1. The lowest BCUT2D eigenvalue weighted by atomic mass is 10.1. The quantitative estimate of drug-likeness (QED) is 0.335. The summed E-state index contributed by atoms with van der Waals surface area (Å²) >= 11 is 0. The predicted molar refractivity (Wildman–Crippen MR) is 129 cm³/mol. The highest BCUT2D eigenvalue weighted by Gasteiger charge is 2.18. The summed E-state index contributed by atoms with van der Waals surface area (Å²) in [6, 6.07) is 13.7. The Hall–Kier alpha value is -4.14. The molecule has 9 heteroatoms. The normalized spacial score (nSPS) is 11.4. The van der Waals surface area contributed by atoms with Crippen LogP contribution in [0.3, 0.4) is 0 Å². The van der Waals surface area contributed by atoms with E-state index < -0.39 is 11.2 Å². The van der Waals surface area contributed by atoms with E-state index in [4.69, 9.17) is 4.74 Å². The van der Waals surface area contributed by atoms with Gasteiger partial charge in [0.2, 0.25) is 5.95 Å². The van der Waals surface area contributed by atoms with Crippen LogP contribution in [0.15, 0.2) is 57.2 Å². The highest BCUT2D eigenvalue weighted by Crippen LogP contribution is 2.20. The summed E-state index contributed by atoms with van der Waals surface area (Å²) in [5.74, 6) is 1.15. The van der Waals surface area contributed by atoms with Gasteiger partial charge in [-0.1, -0.05) is 23.8 Å². The van der Waals surface area contributed by atoms with Crippen molar-refractivity contribution in [3.63, 3.8) is 0 Å². The molecule has 33 heavy (non-hydrogen) atoms. The Bertz CT molecular complexity index is 1440. The Kier molecular flexibility index (Phi) is 6.12. The molecular formula is C24H26N6O3. The minimum atomic E-state index is -0.520. The van der Waals surface area contributed by atoms with Gasteiger partial charge in [0.05, 0.1) is 19.4 Å². The van der Waals surface area contributed by atoms with Crippen LogP contribution in [0.5, 0.6) is 5.75 Å². The van der Waals surface area contributed by atoms with E-state index in [1.54, 1.807) is 17.8 Å². The average molecular weight is 447 g/mol. The lowest BCUT2D eigenvalue weighted by Gasteiger charge is -2.11. The molecule has 170 valence electrons. The Balaban J connectivity index is 1.73. The average Bonchev–Trinajstić information content (AvgIpc) is 3.15. The molecule has 2 heterocycles. The fraction of sp³-hybridized carbons (Fsp3) is 0.250. The van der Waals surface area contributed by atoms with Gasteiger partial charge in [-0.25, -0.2) is 10.2 Å². The van der Waals surface area contributed by atoms with Gasteiger partial charge < -0.3 is 4.74 Å². The third kappa shape index (κ3) is 4.57. The summed E-state index contributed by atoms with van der Waals surface area (Å²) in [7, 11) is 1.57. The lowest BCUT2D eigenvalue weighted by molar-refractivity contribution is 0.340. The van der Waals surface area contributed by atoms with Gasteiger partial charge in [-0.15, -0.1) is 0 Å². The van der Waals surface area contributed by atoms with Gasteiger partial charge in [0.25, 0.3) is 5.56 Å². The van der Waals surface area contributed by atoms with Crippen molar-refractivity contribution in [2.24, 2.45) is 12.1 Å². The van der Waals surface area contributed by atoms with Crippen LogP contribution in [0, 0.1) is 13.8 Å². The Morgan fingerprint density at radius 2 is 1.91 bits per heavy atom. The molecule has 0 radical (unpaired) electrons. The molecule has 0 aliphatic heterocycles. The van der Waals surface area contributed by atoms with Crippen LogP contribution in [0.4, 0.5) is 5.95 Å². The summed E-state index contributed by atoms with van der Waals surface area (Å²) in [6.07, 6.45) is 1.65. The van der Waals surface area contributed by atoms with Gasteiger partial charge in [-0.2, -0.15) is 10.1 Å². The van der Waals surface area contributed by atoms with Crippen molar-refractivity contribution >= 4 is 23.3 Å². The highest BCUT2D eigenvalue weighted by atomic mass is 16.5. The Morgan fingerprint density at radius 3 is 2.64 bits per heavy atom. The summed E-state index contributed by atoms with van der Waals surface area (Å²) in [5, 5.41) is 4.31. The standard InChI is InChI=1S/C24H26N6O3/c1-5-33-19-10-8-17(9-11-19)13-25-28-23-26-21-20(22(31)27-24(32)29(21)4)30(23)14-18-12-15(2)6-7-16(18)3/h6-13H,5,14H2,1-4H3,(H,26,28)(H,27,31,32)/b25-13+. The predicted octanol–water partition coefficient (Wildman–Crippen LogP) is 2.93. The largest absolute Gasteiger partial charge is 0.494 e. The molecule has 0 fully saturated rings.